The summed E-state index contributed by atoms with van der Waals surface area (Å²) in [6.07, 6.45) is 4.12. The molecule has 88 valence electrons. The molecule has 0 amide bonds. The molecule has 1 saturated heterocycles. The molecule has 2 rings (SSSR count). The Bertz CT molecular complexity index is 391. The first-order valence-electron chi connectivity index (χ1n) is 5.77. The molecule has 1 aliphatic heterocycles. The topological polar surface area (TPSA) is 25.2 Å². The third kappa shape index (κ3) is 3.09. The Morgan fingerprint density at radius 3 is 3.00 bits per heavy atom. The SMILES string of the molecule is O=c1ccccn1CCN1CCCC(Cl)C1. The molecule has 0 aromatic carbocycles. The number of nitrogens with zero attached hydrogens (tertiary/aromatic N) is 2. The van der Waals surface area contributed by atoms with Crippen LogP contribution in [0.2, 0.25) is 0 Å². The van der Waals surface area contributed by atoms with Crippen LogP contribution in [0.15, 0.2) is 29.2 Å². The maximum absolute atomic E-state index is 11.5. The van der Waals surface area contributed by atoms with E-state index < -0.39 is 0 Å². The highest BCUT2D eigenvalue weighted by molar-refractivity contribution is 6.20. The Labute approximate surface area is 101 Å². The monoisotopic (exact) mass is 240 g/mol. The summed E-state index contributed by atoms with van der Waals surface area (Å²) in [7, 11) is 0. The number of aromatic nitrogens is 1. The van der Waals surface area contributed by atoms with E-state index in [2.05, 4.69) is 4.90 Å². The molecule has 1 aromatic heterocycles. The summed E-state index contributed by atoms with van der Waals surface area (Å²) in [5.74, 6) is 0. The molecule has 1 aromatic rings. The van der Waals surface area contributed by atoms with Gasteiger partial charge in [0.25, 0.3) is 5.56 Å². The van der Waals surface area contributed by atoms with Gasteiger partial charge in [0.05, 0.1) is 0 Å². The van der Waals surface area contributed by atoms with Gasteiger partial charge in [0.2, 0.25) is 0 Å². The van der Waals surface area contributed by atoms with Gasteiger partial charge in [-0.3, -0.25) is 4.79 Å². The smallest absolute Gasteiger partial charge is 0.250 e. The maximum atomic E-state index is 11.5. The molecule has 0 saturated carbocycles. The number of hydrogen-bond acceptors (Lipinski definition) is 2. The van der Waals surface area contributed by atoms with Crippen LogP contribution in [-0.4, -0.2) is 34.5 Å². The van der Waals surface area contributed by atoms with E-state index in [1.807, 2.05) is 12.3 Å². The summed E-state index contributed by atoms with van der Waals surface area (Å²) in [6.45, 7) is 3.71. The Balaban J connectivity index is 1.87. The maximum Gasteiger partial charge on any atom is 0.250 e. The fourth-order valence-electron chi connectivity index (χ4n) is 2.10. The van der Waals surface area contributed by atoms with Crippen molar-refractivity contribution in [1.82, 2.24) is 9.47 Å². The quantitative estimate of drug-likeness (QED) is 0.750. The first-order chi connectivity index (χ1) is 7.75. The summed E-state index contributed by atoms with van der Waals surface area (Å²) in [5, 5.41) is 0.279. The molecule has 0 spiro atoms. The van der Waals surface area contributed by atoms with Gasteiger partial charge in [-0.25, -0.2) is 0 Å². The van der Waals surface area contributed by atoms with E-state index >= 15 is 0 Å². The molecule has 1 fully saturated rings. The second kappa shape index (κ2) is 5.51. The van der Waals surface area contributed by atoms with Crippen LogP contribution < -0.4 is 5.56 Å². The van der Waals surface area contributed by atoms with E-state index in [4.69, 9.17) is 11.6 Å². The van der Waals surface area contributed by atoms with Crippen molar-refractivity contribution in [3.63, 3.8) is 0 Å². The number of rotatable bonds is 3. The normalized spacial score (nSPS) is 22.2. The number of likely N-dealkylation sites (tertiary alicyclic amines) is 1. The van der Waals surface area contributed by atoms with Crippen molar-refractivity contribution in [3.8, 4) is 0 Å². The van der Waals surface area contributed by atoms with Crippen LogP contribution in [0.4, 0.5) is 0 Å². The highest BCUT2D eigenvalue weighted by atomic mass is 35.5. The van der Waals surface area contributed by atoms with Crippen molar-refractivity contribution in [3.05, 3.63) is 34.7 Å². The van der Waals surface area contributed by atoms with E-state index in [0.29, 0.717) is 0 Å². The van der Waals surface area contributed by atoms with E-state index in [1.54, 1.807) is 16.7 Å². The molecule has 0 aliphatic carbocycles. The highest BCUT2D eigenvalue weighted by Gasteiger charge is 2.17. The second-order valence-electron chi connectivity index (χ2n) is 4.27. The van der Waals surface area contributed by atoms with Gasteiger partial charge < -0.3 is 9.47 Å². The summed E-state index contributed by atoms with van der Waals surface area (Å²) < 4.78 is 1.75. The Morgan fingerprint density at radius 2 is 2.25 bits per heavy atom. The molecule has 16 heavy (non-hydrogen) atoms. The fourth-order valence-corrected chi connectivity index (χ4v) is 2.45. The van der Waals surface area contributed by atoms with Crippen LogP contribution in [-0.2, 0) is 6.54 Å². The number of alkyl halides is 1. The van der Waals surface area contributed by atoms with Crippen molar-refractivity contribution in [2.24, 2.45) is 0 Å². The number of pyridine rings is 1. The molecule has 2 heterocycles. The van der Waals surface area contributed by atoms with Crippen LogP contribution in [0.5, 0.6) is 0 Å². The molecule has 1 unspecified atom stereocenters. The average Bonchev–Trinajstić information content (AvgIpc) is 2.28. The molecule has 4 heteroatoms. The third-order valence-corrected chi connectivity index (χ3v) is 3.36. The lowest BCUT2D eigenvalue weighted by molar-refractivity contribution is 0.223. The summed E-state index contributed by atoms with van der Waals surface area (Å²) >= 11 is 6.11. The van der Waals surface area contributed by atoms with Gasteiger partial charge >= 0.3 is 0 Å². The van der Waals surface area contributed by atoms with Crippen LogP contribution in [0.1, 0.15) is 12.8 Å². The van der Waals surface area contributed by atoms with E-state index in [9.17, 15) is 4.79 Å². The van der Waals surface area contributed by atoms with Crippen molar-refractivity contribution in [2.45, 2.75) is 24.8 Å². The Hall–Kier alpha value is -0.800. The largest absolute Gasteiger partial charge is 0.314 e. The van der Waals surface area contributed by atoms with Crippen LogP contribution in [0, 0.1) is 0 Å². The lowest BCUT2D eigenvalue weighted by Crippen LogP contribution is -2.38. The van der Waals surface area contributed by atoms with Crippen LogP contribution in [0.3, 0.4) is 0 Å². The van der Waals surface area contributed by atoms with E-state index in [0.717, 1.165) is 39.0 Å². The van der Waals surface area contributed by atoms with E-state index in [-0.39, 0.29) is 10.9 Å². The summed E-state index contributed by atoms with van der Waals surface area (Å²) in [5.41, 5.74) is 0.0712. The van der Waals surface area contributed by atoms with Crippen LogP contribution in [0.25, 0.3) is 0 Å². The standard InChI is InChI=1S/C12H17ClN2O/c13-11-4-3-6-14(10-11)8-9-15-7-2-1-5-12(15)16/h1-2,5,7,11H,3-4,6,8-10H2. The Kier molecular flexibility index (Phi) is 4.02. The minimum Gasteiger partial charge on any atom is -0.314 e. The van der Waals surface area contributed by atoms with Crippen molar-refractivity contribution < 1.29 is 0 Å². The van der Waals surface area contributed by atoms with Crippen LogP contribution >= 0.6 is 11.6 Å². The molecule has 0 bridgehead atoms. The Morgan fingerprint density at radius 1 is 1.38 bits per heavy atom. The van der Waals surface area contributed by atoms with Gasteiger partial charge in [0.1, 0.15) is 0 Å². The summed E-state index contributed by atoms with van der Waals surface area (Å²) in [6, 6.07) is 5.26. The first kappa shape index (κ1) is 11.7. The average molecular weight is 241 g/mol. The lowest BCUT2D eigenvalue weighted by Gasteiger charge is -2.29. The zero-order valence-electron chi connectivity index (χ0n) is 9.31. The van der Waals surface area contributed by atoms with Gasteiger partial charge in [-0.1, -0.05) is 6.07 Å². The van der Waals surface area contributed by atoms with Crippen molar-refractivity contribution in [2.75, 3.05) is 19.6 Å². The van der Waals surface area contributed by atoms with Gasteiger partial charge in [0, 0.05) is 37.3 Å². The first-order valence-corrected chi connectivity index (χ1v) is 6.21. The molecule has 3 nitrogen and oxygen atoms in total. The van der Waals surface area contributed by atoms with E-state index in [1.165, 1.54) is 0 Å². The fraction of sp³-hybridized carbons (Fsp3) is 0.583. The molecule has 0 radical (unpaired) electrons. The zero-order valence-corrected chi connectivity index (χ0v) is 10.1. The minimum absolute atomic E-state index is 0.0712. The zero-order chi connectivity index (χ0) is 11.4. The van der Waals surface area contributed by atoms with Gasteiger partial charge in [0.15, 0.2) is 0 Å². The predicted octanol–water partition coefficient (Wildman–Crippen LogP) is 1.55. The van der Waals surface area contributed by atoms with Crippen molar-refractivity contribution in [1.29, 1.82) is 0 Å². The molecular weight excluding hydrogens is 224 g/mol. The highest BCUT2D eigenvalue weighted by Crippen LogP contribution is 2.14. The molecule has 1 atom stereocenters. The van der Waals surface area contributed by atoms with Gasteiger partial charge in [-0.15, -0.1) is 11.6 Å². The summed E-state index contributed by atoms with van der Waals surface area (Å²) in [4.78, 5) is 13.8. The lowest BCUT2D eigenvalue weighted by atomic mass is 10.1. The molecule has 0 N–H and O–H groups in total. The predicted molar refractivity (Wildman–Crippen MR) is 66.0 cm³/mol. The third-order valence-electron chi connectivity index (χ3n) is 3.00. The number of hydrogen-bond donors (Lipinski definition) is 0. The number of piperidine rings is 1. The molecule has 1 aliphatic rings. The van der Waals surface area contributed by atoms with Gasteiger partial charge in [-0.2, -0.15) is 0 Å². The second-order valence-corrected chi connectivity index (χ2v) is 4.89. The van der Waals surface area contributed by atoms with Crippen molar-refractivity contribution >= 4 is 11.6 Å². The van der Waals surface area contributed by atoms with Gasteiger partial charge in [-0.05, 0) is 25.5 Å². The molecular formula is C12H17ClN2O. The minimum atomic E-state index is 0.0712. The number of halogens is 1.